The molecule has 140 valence electrons. The molecule has 0 aliphatic carbocycles. The Kier molecular flexibility index (Phi) is 4.50. The molecule has 0 atom stereocenters. The highest BCUT2D eigenvalue weighted by molar-refractivity contribution is 7.16. The third-order valence-electron chi connectivity index (χ3n) is 4.01. The lowest BCUT2D eigenvalue weighted by Gasteiger charge is -2.02. The molecule has 0 N–H and O–H groups in total. The van der Waals surface area contributed by atoms with Crippen LogP contribution in [0.2, 0.25) is 5.02 Å². The molecule has 1 aliphatic heterocycles. The van der Waals surface area contributed by atoms with Crippen LogP contribution in [0.5, 0.6) is 11.5 Å². The number of amides is 1. The van der Waals surface area contributed by atoms with Crippen LogP contribution in [0.4, 0.5) is 5.69 Å². The van der Waals surface area contributed by atoms with E-state index < -0.39 is 10.8 Å². The van der Waals surface area contributed by atoms with Crippen LogP contribution in [-0.4, -0.2) is 22.2 Å². The highest BCUT2D eigenvalue weighted by Gasteiger charge is 2.19. The van der Waals surface area contributed by atoms with Gasteiger partial charge in [0, 0.05) is 24.3 Å². The summed E-state index contributed by atoms with van der Waals surface area (Å²) in [5.41, 5.74) is 0.431. The molecule has 1 aliphatic rings. The summed E-state index contributed by atoms with van der Waals surface area (Å²) in [4.78, 5) is 27.5. The van der Waals surface area contributed by atoms with Crippen molar-refractivity contribution in [3.8, 4) is 23.8 Å². The van der Waals surface area contributed by atoms with Gasteiger partial charge in [0.1, 0.15) is 0 Å². The van der Waals surface area contributed by atoms with Gasteiger partial charge in [-0.05, 0) is 6.07 Å². The number of fused-ring (bicyclic) bond motifs is 2. The average molecular weight is 416 g/mol. The molecule has 2 heterocycles. The Morgan fingerprint density at radius 2 is 2.11 bits per heavy atom. The molecule has 0 spiro atoms. The highest BCUT2D eigenvalue weighted by atomic mass is 35.5. The number of benzene rings is 2. The van der Waals surface area contributed by atoms with E-state index in [1.165, 1.54) is 23.5 Å². The number of nitrogens with zero attached hydrogens (tertiary/aromatic N) is 3. The van der Waals surface area contributed by atoms with Crippen molar-refractivity contribution in [1.29, 1.82) is 0 Å². The van der Waals surface area contributed by atoms with Gasteiger partial charge in [0.05, 0.1) is 32.3 Å². The van der Waals surface area contributed by atoms with E-state index in [9.17, 15) is 14.9 Å². The van der Waals surface area contributed by atoms with Gasteiger partial charge in [-0.2, -0.15) is 4.99 Å². The largest absolute Gasteiger partial charge is 0.454 e. The lowest BCUT2D eigenvalue weighted by Crippen LogP contribution is -2.16. The van der Waals surface area contributed by atoms with Gasteiger partial charge in [0.2, 0.25) is 6.79 Å². The molecular weight excluding hydrogens is 406 g/mol. The molecule has 3 aromatic rings. The van der Waals surface area contributed by atoms with Gasteiger partial charge in [0.25, 0.3) is 11.6 Å². The second-order valence-corrected chi connectivity index (χ2v) is 7.10. The first kappa shape index (κ1) is 18.0. The number of hydrogen-bond acceptors (Lipinski definition) is 6. The van der Waals surface area contributed by atoms with Gasteiger partial charge in [0.15, 0.2) is 16.3 Å². The number of carbonyl (C=O) groups is 1. The Morgan fingerprint density at radius 3 is 2.82 bits per heavy atom. The summed E-state index contributed by atoms with van der Waals surface area (Å²) in [6, 6.07) is 7.18. The summed E-state index contributed by atoms with van der Waals surface area (Å²) in [5.74, 6) is 3.00. The average Bonchev–Trinajstić information content (AvgIpc) is 3.24. The SMILES string of the molecule is C#CCn1c(=NC(=O)c2cc([N+](=O)[O-])ccc2Cl)sc2cc3c(cc21)OCO3. The van der Waals surface area contributed by atoms with Crippen molar-refractivity contribution in [3.63, 3.8) is 0 Å². The van der Waals surface area contributed by atoms with Crippen LogP contribution in [0.15, 0.2) is 35.3 Å². The normalized spacial score (nSPS) is 12.9. The lowest BCUT2D eigenvalue weighted by molar-refractivity contribution is -0.384. The number of nitro groups is 1. The molecule has 4 rings (SSSR count). The quantitative estimate of drug-likeness (QED) is 0.371. The maximum atomic E-state index is 12.7. The maximum absolute atomic E-state index is 12.7. The predicted octanol–water partition coefficient (Wildman–Crippen LogP) is 3.37. The number of nitro benzene ring substituents is 1. The van der Waals surface area contributed by atoms with Crippen molar-refractivity contribution >= 4 is 44.7 Å². The molecule has 0 saturated heterocycles. The van der Waals surface area contributed by atoms with E-state index in [-0.39, 0.29) is 29.6 Å². The van der Waals surface area contributed by atoms with Gasteiger partial charge in [-0.25, -0.2) is 0 Å². The van der Waals surface area contributed by atoms with E-state index in [4.69, 9.17) is 27.5 Å². The molecule has 10 heteroatoms. The Morgan fingerprint density at radius 1 is 1.36 bits per heavy atom. The van der Waals surface area contributed by atoms with Gasteiger partial charge >= 0.3 is 0 Å². The molecule has 2 aromatic carbocycles. The summed E-state index contributed by atoms with van der Waals surface area (Å²) in [6.45, 7) is 0.317. The van der Waals surface area contributed by atoms with E-state index >= 15 is 0 Å². The van der Waals surface area contributed by atoms with Gasteiger partial charge in [-0.3, -0.25) is 14.9 Å². The molecule has 0 saturated carbocycles. The molecule has 28 heavy (non-hydrogen) atoms. The van der Waals surface area contributed by atoms with Gasteiger partial charge in [-0.1, -0.05) is 28.9 Å². The topological polar surface area (TPSA) is 96.0 Å². The number of carbonyl (C=O) groups excluding carboxylic acids is 1. The van der Waals surface area contributed by atoms with Crippen LogP contribution in [0.25, 0.3) is 10.2 Å². The Labute approximate surface area is 166 Å². The summed E-state index contributed by atoms with van der Waals surface area (Å²) < 4.78 is 13.3. The van der Waals surface area contributed by atoms with Crippen LogP contribution < -0.4 is 14.3 Å². The number of halogens is 1. The number of aromatic nitrogens is 1. The number of hydrogen-bond donors (Lipinski definition) is 0. The van der Waals surface area contributed by atoms with Crippen molar-refractivity contribution in [2.24, 2.45) is 4.99 Å². The minimum atomic E-state index is -0.703. The van der Waals surface area contributed by atoms with Crippen LogP contribution in [0.1, 0.15) is 10.4 Å². The predicted molar refractivity (Wildman–Crippen MR) is 103 cm³/mol. The Balaban J connectivity index is 1.86. The van der Waals surface area contributed by atoms with Gasteiger partial charge in [-0.15, -0.1) is 6.42 Å². The van der Waals surface area contributed by atoms with Crippen molar-refractivity contribution in [2.45, 2.75) is 6.54 Å². The summed E-state index contributed by atoms with van der Waals surface area (Å²) in [5, 5.41) is 11.0. The summed E-state index contributed by atoms with van der Waals surface area (Å²) >= 11 is 7.27. The minimum Gasteiger partial charge on any atom is -0.454 e. The minimum absolute atomic E-state index is 0.0604. The zero-order valence-corrected chi connectivity index (χ0v) is 15.6. The van der Waals surface area contributed by atoms with E-state index in [0.717, 1.165) is 16.3 Å². The number of ether oxygens (including phenoxy) is 2. The molecule has 0 unspecified atom stereocenters. The zero-order chi connectivity index (χ0) is 19.8. The van der Waals surface area contributed by atoms with Crippen LogP contribution >= 0.6 is 22.9 Å². The third kappa shape index (κ3) is 3.09. The van der Waals surface area contributed by atoms with Gasteiger partial charge < -0.3 is 14.0 Å². The fraction of sp³-hybridized carbons (Fsp3) is 0.111. The molecule has 1 aromatic heterocycles. The van der Waals surface area contributed by atoms with E-state index in [2.05, 4.69) is 10.9 Å². The second kappa shape index (κ2) is 6.99. The van der Waals surface area contributed by atoms with E-state index in [1.54, 1.807) is 16.7 Å². The van der Waals surface area contributed by atoms with Crippen molar-refractivity contribution in [1.82, 2.24) is 4.57 Å². The number of rotatable bonds is 3. The van der Waals surface area contributed by atoms with Crippen molar-refractivity contribution in [3.05, 3.63) is 55.8 Å². The fourth-order valence-corrected chi connectivity index (χ4v) is 3.96. The number of terminal acetylenes is 1. The second-order valence-electron chi connectivity index (χ2n) is 5.69. The first-order chi connectivity index (χ1) is 13.5. The maximum Gasteiger partial charge on any atom is 0.281 e. The zero-order valence-electron chi connectivity index (χ0n) is 14.0. The van der Waals surface area contributed by atoms with Crippen LogP contribution in [0, 0.1) is 22.5 Å². The molecule has 8 nitrogen and oxygen atoms in total. The van der Waals surface area contributed by atoms with E-state index in [1.807, 2.05) is 0 Å². The van der Waals surface area contributed by atoms with E-state index in [0.29, 0.717) is 16.3 Å². The fourth-order valence-electron chi connectivity index (χ4n) is 2.73. The highest BCUT2D eigenvalue weighted by Crippen LogP contribution is 2.37. The standard InChI is InChI=1S/C18H10ClN3O5S/c1-2-5-21-13-7-14-15(27-9-26-14)8-16(13)28-18(21)20-17(23)11-6-10(22(24)25)3-4-12(11)19/h1,3-4,6-8H,5,9H2. The third-order valence-corrected chi connectivity index (χ3v) is 5.39. The molecular formula is C18H10ClN3O5S. The smallest absolute Gasteiger partial charge is 0.281 e. The summed E-state index contributed by atoms with van der Waals surface area (Å²) in [6.07, 6.45) is 5.47. The molecule has 0 fully saturated rings. The first-order valence-corrected chi connectivity index (χ1v) is 9.07. The number of thiazole rings is 1. The van der Waals surface area contributed by atoms with Crippen LogP contribution in [0.3, 0.4) is 0 Å². The molecule has 0 radical (unpaired) electrons. The van der Waals surface area contributed by atoms with Crippen molar-refractivity contribution < 1.29 is 19.2 Å². The summed E-state index contributed by atoms with van der Waals surface area (Å²) in [7, 11) is 0. The first-order valence-electron chi connectivity index (χ1n) is 7.87. The monoisotopic (exact) mass is 415 g/mol. The van der Waals surface area contributed by atoms with Crippen LogP contribution in [-0.2, 0) is 6.54 Å². The molecule has 0 bridgehead atoms. The lowest BCUT2D eigenvalue weighted by atomic mass is 10.2. The Hall–Kier alpha value is -3.35. The Bertz CT molecular complexity index is 1250. The number of non-ortho nitro benzene ring substituents is 1. The van der Waals surface area contributed by atoms with Crippen molar-refractivity contribution in [2.75, 3.05) is 6.79 Å². The molecule has 1 amide bonds.